The van der Waals surface area contributed by atoms with E-state index in [-0.39, 0.29) is 18.6 Å². The van der Waals surface area contributed by atoms with Crippen LogP contribution in [-0.2, 0) is 17.8 Å². The van der Waals surface area contributed by atoms with Crippen LogP contribution in [0.2, 0.25) is 0 Å². The lowest BCUT2D eigenvalue weighted by Crippen LogP contribution is -2.39. The van der Waals surface area contributed by atoms with Crippen LogP contribution in [0.1, 0.15) is 18.4 Å². The lowest BCUT2D eigenvalue weighted by molar-refractivity contribution is -0.118. The molecule has 1 aliphatic heterocycles. The number of carbonyl (C=O) groups excluding carboxylic acids is 2. The molecule has 1 atom stereocenters. The predicted octanol–water partition coefficient (Wildman–Crippen LogP) is 1.61. The van der Waals surface area contributed by atoms with Gasteiger partial charge in [0.15, 0.2) is 0 Å². The summed E-state index contributed by atoms with van der Waals surface area (Å²) in [6, 6.07) is 10.3. The number of hydrogen-bond acceptors (Lipinski definition) is 3. The van der Waals surface area contributed by atoms with Crippen molar-refractivity contribution in [1.29, 1.82) is 0 Å². The monoisotopic (exact) mass is 327 g/mol. The Kier molecular flexibility index (Phi) is 4.79. The van der Waals surface area contributed by atoms with Crippen LogP contribution in [-0.4, -0.2) is 39.2 Å². The number of nitrogens with two attached hydrogens (primary N) is 1. The molecule has 7 heteroatoms. The molecule has 2 heterocycles. The van der Waals surface area contributed by atoms with Gasteiger partial charge in [-0.1, -0.05) is 30.3 Å². The Morgan fingerprint density at radius 3 is 2.83 bits per heavy atom. The second-order valence-electron chi connectivity index (χ2n) is 6.00. The van der Waals surface area contributed by atoms with Crippen molar-refractivity contribution in [2.45, 2.75) is 31.8 Å². The highest BCUT2D eigenvalue weighted by Gasteiger charge is 2.29. The van der Waals surface area contributed by atoms with E-state index in [0.717, 1.165) is 25.8 Å². The first-order valence-electron chi connectivity index (χ1n) is 8.04. The number of aromatic nitrogens is 2. The van der Waals surface area contributed by atoms with Crippen LogP contribution >= 0.6 is 0 Å². The second kappa shape index (κ2) is 7.16. The first kappa shape index (κ1) is 16.0. The molecule has 1 fully saturated rings. The number of rotatable bonds is 5. The number of amides is 3. The quantitative estimate of drug-likeness (QED) is 0.873. The van der Waals surface area contributed by atoms with E-state index in [2.05, 4.69) is 22.5 Å². The summed E-state index contributed by atoms with van der Waals surface area (Å²) in [6.07, 6.45) is 5.98. The van der Waals surface area contributed by atoms with Crippen molar-refractivity contribution in [2.24, 2.45) is 5.73 Å². The number of nitrogens with zero attached hydrogens (tertiary/aromatic N) is 3. The third kappa shape index (κ3) is 3.92. The molecule has 126 valence electrons. The molecule has 1 saturated heterocycles. The van der Waals surface area contributed by atoms with Gasteiger partial charge in [0.25, 0.3) is 0 Å². The van der Waals surface area contributed by atoms with Gasteiger partial charge in [0, 0.05) is 18.8 Å². The average molecular weight is 327 g/mol. The highest BCUT2D eigenvalue weighted by Crippen LogP contribution is 2.22. The van der Waals surface area contributed by atoms with Gasteiger partial charge in [-0.25, -0.2) is 4.79 Å². The molecule has 2 aromatic rings. The van der Waals surface area contributed by atoms with Crippen LogP contribution in [0, 0.1) is 0 Å². The van der Waals surface area contributed by atoms with E-state index in [1.807, 2.05) is 23.1 Å². The average Bonchev–Trinajstić information content (AvgIpc) is 3.17. The maximum Gasteiger partial charge on any atom is 0.322 e. The normalized spacial score (nSPS) is 17.0. The molecule has 3 N–H and O–H groups in total. The summed E-state index contributed by atoms with van der Waals surface area (Å²) >= 11 is 0. The topological polar surface area (TPSA) is 93.2 Å². The van der Waals surface area contributed by atoms with Crippen molar-refractivity contribution in [1.82, 2.24) is 14.7 Å². The maximum absolute atomic E-state index is 12.5. The zero-order valence-electron chi connectivity index (χ0n) is 13.4. The minimum atomic E-state index is -0.474. The Bertz CT molecular complexity index is 713. The number of likely N-dealkylation sites (tertiary alicyclic amines) is 1. The van der Waals surface area contributed by atoms with Crippen molar-refractivity contribution >= 4 is 17.6 Å². The minimum absolute atomic E-state index is 0.00375. The Labute approximate surface area is 140 Å². The summed E-state index contributed by atoms with van der Waals surface area (Å²) < 4.78 is 1.41. The molecule has 1 aromatic carbocycles. The van der Waals surface area contributed by atoms with Crippen LogP contribution in [0.5, 0.6) is 0 Å². The van der Waals surface area contributed by atoms with Gasteiger partial charge in [-0.15, -0.1) is 0 Å². The molecule has 0 spiro atoms. The van der Waals surface area contributed by atoms with Crippen molar-refractivity contribution in [3.8, 4) is 0 Å². The number of carbonyl (C=O) groups is 2. The van der Waals surface area contributed by atoms with Gasteiger partial charge in [-0.3, -0.25) is 9.48 Å². The fourth-order valence-corrected chi connectivity index (χ4v) is 3.07. The van der Waals surface area contributed by atoms with Crippen molar-refractivity contribution in [2.75, 3.05) is 11.9 Å². The van der Waals surface area contributed by atoms with Gasteiger partial charge in [-0.05, 0) is 24.8 Å². The summed E-state index contributed by atoms with van der Waals surface area (Å²) in [5.74, 6) is -0.474. The minimum Gasteiger partial charge on any atom is -0.368 e. The molecule has 1 aromatic heterocycles. The number of anilines is 1. The first-order chi connectivity index (χ1) is 11.6. The number of nitrogens with one attached hydrogen (secondary N) is 1. The lowest BCUT2D eigenvalue weighted by atomic mass is 10.0. The first-order valence-corrected chi connectivity index (χ1v) is 8.04. The molecule has 1 unspecified atom stereocenters. The summed E-state index contributed by atoms with van der Waals surface area (Å²) in [5, 5.41) is 6.85. The number of benzene rings is 1. The molecule has 0 saturated carbocycles. The largest absolute Gasteiger partial charge is 0.368 e. The molecular weight excluding hydrogens is 306 g/mol. The molecule has 1 aliphatic rings. The third-order valence-electron chi connectivity index (χ3n) is 4.15. The second-order valence-corrected chi connectivity index (χ2v) is 6.00. The van der Waals surface area contributed by atoms with Crippen molar-refractivity contribution < 1.29 is 9.59 Å². The zero-order chi connectivity index (χ0) is 16.9. The zero-order valence-corrected chi connectivity index (χ0v) is 13.4. The Morgan fingerprint density at radius 2 is 2.08 bits per heavy atom. The van der Waals surface area contributed by atoms with Crippen molar-refractivity contribution in [3.63, 3.8) is 0 Å². The molecule has 0 radical (unpaired) electrons. The van der Waals surface area contributed by atoms with Crippen LogP contribution in [0.15, 0.2) is 42.7 Å². The summed E-state index contributed by atoms with van der Waals surface area (Å²) in [4.78, 5) is 25.3. The number of primary amides is 1. The van der Waals surface area contributed by atoms with Crippen LogP contribution < -0.4 is 11.1 Å². The summed E-state index contributed by atoms with van der Waals surface area (Å²) in [7, 11) is 0. The molecular formula is C17H21N5O2. The molecule has 3 rings (SSSR count). The van der Waals surface area contributed by atoms with E-state index in [0.29, 0.717) is 5.69 Å². The van der Waals surface area contributed by atoms with Gasteiger partial charge in [0.1, 0.15) is 6.54 Å². The van der Waals surface area contributed by atoms with E-state index in [9.17, 15) is 9.59 Å². The van der Waals surface area contributed by atoms with Gasteiger partial charge >= 0.3 is 6.03 Å². The fraction of sp³-hybridized carbons (Fsp3) is 0.353. The van der Waals surface area contributed by atoms with Crippen LogP contribution in [0.4, 0.5) is 10.5 Å². The van der Waals surface area contributed by atoms with Gasteiger partial charge < -0.3 is 16.0 Å². The molecule has 3 amide bonds. The summed E-state index contributed by atoms with van der Waals surface area (Å²) in [6.45, 7) is 0.745. The molecule has 0 bridgehead atoms. The number of urea groups is 1. The summed E-state index contributed by atoms with van der Waals surface area (Å²) in [5.41, 5.74) is 6.93. The van der Waals surface area contributed by atoms with Gasteiger partial charge in [0.05, 0.1) is 11.9 Å². The third-order valence-corrected chi connectivity index (χ3v) is 4.15. The molecule has 7 nitrogen and oxygen atoms in total. The van der Waals surface area contributed by atoms with E-state index in [1.54, 1.807) is 6.20 Å². The Balaban J connectivity index is 1.61. The highest BCUT2D eigenvalue weighted by atomic mass is 16.2. The van der Waals surface area contributed by atoms with Crippen LogP contribution in [0.25, 0.3) is 0 Å². The number of hydrogen-bond donors (Lipinski definition) is 2. The van der Waals surface area contributed by atoms with Crippen LogP contribution in [0.3, 0.4) is 0 Å². The SMILES string of the molecule is NC(=O)Cn1cc(NC(=O)N2CCCC2Cc2ccccc2)cn1. The Morgan fingerprint density at radius 1 is 1.29 bits per heavy atom. The maximum atomic E-state index is 12.5. The smallest absolute Gasteiger partial charge is 0.322 e. The van der Waals surface area contributed by atoms with E-state index < -0.39 is 5.91 Å². The standard InChI is InChI=1S/C17H21N5O2/c18-16(23)12-21-11-14(10-19-21)20-17(24)22-8-4-7-15(22)9-13-5-2-1-3-6-13/h1-3,5-6,10-11,15H,4,7-9,12H2,(H2,18,23)(H,20,24). The highest BCUT2D eigenvalue weighted by molar-refractivity contribution is 5.89. The Hall–Kier alpha value is -2.83. The van der Waals surface area contributed by atoms with Crippen molar-refractivity contribution in [3.05, 3.63) is 48.3 Å². The van der Waals surface area contributed by atoms with Gasteiger partial charge in [-0.2, -0.15) is 5.10 Å². The van der Waals surface area contributed by atoms with E-state index in [4.69, 9.17) is 5.73 Å². The molecule has 0 aliphatic carbocycles. The fourth-order valence-electron chi connectivity index (χ4n) is 3.07. The predicted molar refractivity (Wildman–Crippen MR) is 90.3 cm³/mol. The van der Waals surface area contributed by atoms with E-state index in [1.165, 1.54) is 16.4 Å². The van der Waals surface area contributed by atoms with Gasteiger partial charge in [0.2, 0.25) is 5.91 Å². The molecule has 24 heavy (non-hydrogen) atoms. The lowest BCUT2D eigenvalue weighted by Gasteiger charge is -2.24. The van der Waals surface area contributed by atoms with E-state index >= 15 is 0 Å².